The lowest BCUT2D eigenvalue weighted by Crippen LogP contribution is -2.49. The third-order valence-corrected chi connectivity index (χ3v) is 6.38. The highest BCUT2D eigenvalue weighted by molar-refractivity contribution is 5.83. The van der Waals surface area contributed by atoms with Gasteiger partial charge in [-0.2, -0.15) is 0 Å². The second-order valence-corrected chi connectivity index (χ2v) is 10.1. The number of halogens is 1. The summed E-state index contributed by atoms with van der Waals surface area (Å²) >= 11 is 0. The predicted molar refractivity (Wildman–Crippen MR) is 136 cm³/mol. The zero-order chi connectivity index (χ0) is 26.0. The monoisotopic (exact) mass is 509 g/mol. The van der Waals surface area contributed by atoms with Gasteiger partial charge < -0.3 is 30.0 Å². The average Bonchev–Trinajstić information content (AvgIpc) is 3.59. The Morgan fingerprint density at radius 3 is 2.57 bits per heavy atom. The number of ether oxygens (including phenoxy) is 2. The molecule has 5 rings (SSSR count). The van der Waals surface area contributed by atoms with E-state index in [4.69, 9.17) is 14.5 Å². The lowest BCUT2D eigenvalue weighted by molar-refractivity contribution is -0.231. The first-order valence-corrected chi connectivity index (χ1v) is 12.4. The maximum atomic E-state index is 13.6. The van der Waals surface area contributed by atoms with Crippen molar-refractivity contribution in [3.63, 3.8) is 0 Å². The summed E-state index contributed by atoms with van der Waals surface area (Å²) in [5.74, 6) is 0.539. The number of likely N-dealkylation sites (N-methyl/N-ethyl adjacent to an activating group) is 1. The summed E-state index contributed by atoms with van der Waals surface area (Å²) in [5, 5.41) is 6.25. The molecule has 0 atom stereocenters. The highest BCUT2D eigenvalue weighted by atomic mass is 19.1. The van der Waals surface area contributed by atoms with Gasteiger partial charge in [0.15, 0.2) is 5.82 Å². The maximum absolute atomic E-state index is 13.6. The molecule has 3 aromatic rings. The fourth-order valence-corrected chi connectivity index (χ4v) is 3.96. The van der Waals surface area contributed by atoms with Crippen LogP contribution in [0.25, 0.3) is 22.6 Å². The minimum atomic E-state index is -0.783. The molecule has 1 amide bonds. The van der Waals surface area contributed by atoms with Crippen molar-refractivity contribution in [2.75, 3.05) is 45.7 Å². The predicted octanol–water partition coefficient (Wildman–Crippen LogP) is 2.98. The number of nitrogens with one attached hydrogen (secondary N) is 3. The largest absolute Gasteiger partial charge is 0.353 e. The molecule has 0 bridgehead atoms. The van der Waals surface area contributed by atoms with Gasteiger partial charge in [0.2, 0.25) is 18.1 Å². The summed E-state index contributed by atoms with van der Waals surface area (Å²) in [4.78, 5) is 31.8. The summed E-state index contributed by atoms with van der Waals surface area (Å²) in [7, 11) is 4.00. The molecule has 1 saturated heterocycles. The normalized spacial score (nSPS) is 21.7. The van der Waals surface area contributed by atoms with E-state index in [2.05, 4.69) is 30.5 Å². The minimum absolute atomic E-state index is 0.0594. The van der Waals surface area contributed by atoms with Gasteiger partial charge in [-0.3, -0.25) is 4.79 Å². The first-order chi connectivity index (χ1) is 17.8. The van der Waals surface area contributed by atoms with E-state index in [1.54, 1.807) is 24.4 Å². The van der Waals surface area contributed by atoms with Gasteiger partial charge >= 0.3 is 0 Å². The maximum Gasteiger partial charge on any atom is 0.230 e. The van der Waals surface area contributed by atoms with E-state index in [0.29, 0.717) is 41.0 Å². The Morgan fingerprint density at radius 1 is 1.16 bits per heavy atom. The number of imidazole rings is 1. The van der Waals surface area contributed by atoms with Gasteiger partial charge in [0.05, 0.1) is 35.7 Å². The van der Waals surface area contributed by atoms with Gasteiger partial charge in [-0.1, -0.05) is 0 Å². The van der Waals surface area contributed by atoms with Crippen LogP contribution in [-0.4, -0.2) is 77.2 Å². The third-order valence-electron chi connectivity index (χ3n) is 6.38. The molecule has 2 aliphatic rings. The molecular formula is C26H32FN7O3. The zero-order valence-electron chi connectivity index (χ0n) is 21.3. The topological polar surface area (TPSA) is 117 Å². The number of amides is 1. The summed E-state index contributed by atoms with van der Waals surface area (Å²) in [6.07, 6.45) is 2.92. The van der Waals surface area contributed by atoms with Crippen molar-refractivity contribution in [1.82, 2.24) is 30.2 Å². The molecule has 196 valence electrons. The quantitative estimate of drug-likeness (QED) is 0.403. The molecule has 1 aromatic carbocycles. The zero-order valence-corrected chi connectivity index (χ0v) is 21.3. The van der Waals surface area contributed by atoms with Gasteiger partial charge in [0.1, 0.15) is 5.82 Å². The first kappa shape index (κ1) is 25.2. The van der Waals surface area contributed by atoms with Gasteiger partial charge in [-0.05, 0) is 64.2 Å². The van der Waals surface area contributed by atoms with Crippen molar-refractivity contribution in [2.45, 2.75) is 32.1 Å². The van der Waals surface area contributed by atoms with E-state index in [9.17, 15) is 9.18 Å². The van der Waals surface area contributed by atoms with Crippen LogP contribution in [-0.2, 0) is 14.3 Å². The second kappa shape index (κ2) is 10.5. The Bertz CT molecular complexity index is 1240. The first-order valence-electron chi connectivity index (χ1n) is 12.4. The van der Waals surface area contributed by atoms with Gasteiger partial charge in [0.25, 0.3) is 0 Å². The molecule has 10 nitrogen and oxygen atoms in total. The Balaban J connectivity index is 1.40. The van der Waals surface area contributed by atoms with Crippen LogP contribution in [0.15, 0.2) is 36.5 Å². The fraction of sp³-hybridized carbons (Fsp3) is 0.462. The number of nitrogens with zero attached hydrogens (tertiary/aromatic N) is 4. The summed E-state index contributed by atoms with van der Waals surface area (Å²) in [6.45, 7) is 3.75. The summed E-state index contributed by atoms with van der Waals surface area (Å²) in [5.41, 5.74) is 1.77. The number of rotatable bonds is 9. The van der Waals surface area contributed by atoms with Crippen LogP contribution >= 0.6 is 0 Å². The molecule has 3 N–H and O–H groups in total. The van der Waals surface area contributed by atoms with Crippen LogP contribution in [0.5, 0.6) is 0 Å². The van der Waals surface area contributed by atoms with E-state index in [-0.39, 0.29) is 31.0 Å². The van der Waals surface area contributed by atoms with Crippen molar-refractivity contribution in [1.29, 1.82) is 0 Å². The number of anilines is 1. The Kier molecular flexibility index (Phi) is 7.18. The van der Waals surface area contributed by atoms with E-state index in [1.165, 1.54) is 12.1 Å². The number of benzene rings is 1. The van der Waals surface area contributed by atoms with Crippen molar-refractivity contribution in [3.8, 4) is 22.6 Å². The number of carbonyl (C=O) groups excluding carboxylic acids is 1. The van der Waals surface area contributed by atoms with Crippen molar-refractivity contribution >= 4 is 11.9 Å². The molecule has 1 aliphatic heterocycles. The number of hydrogen-bond acceptors (Lipinski definition) is 8. The Morgan fingerprint density at radius 2 is 1.89 bits per heavy atom. The molecule has 2 fully saturated rings. The van der Waals surface area contributed by atoms with Crippen molar-refractivity contribution in [2.24, 2.45) is 5.41 Å². The molecule has 2 aromatic heterocycles. The number of H-pyrrole nitrogens is 1. The third kappa shape index (κ3) is 5.95. The van der Waals surface area contributed by atoms with E-state index < -0.39 is 11.7 Å². The van der Waals surface area contributed by atoms with Gasteiger partial charge in [-0.15, -0.1) is 0 Å². The van der Waals surface area contributed by atoms with Crippen LogP contribution in [0.4, 0.5) is 10.3 Å². The molecule has 37 heavy (non-hydrogen) atoms. The number of aromatic nitrogens is 4. The van der Waals surface area contributed by atoms with E-state index >= 15 is 0 Å². The number of hydrogen-bond donors (Lipinski definition) is 3. The molecule has 0 radical (unpaired) electrons. The second-order valence-electron chi connectivity index (χ2n) is 10.1. The molecule has 1 saturated carbocycles. The number of aromatic amines is 1. The standard InChI is InChI=1S/C26H32FN7O3/c1-26(24(35)30-18-8-9-18)14-36-23(37-15-26)22-32-20(16-4-6-17(27)7-5-16)21(33-22)19-10-11-28-25(31-19)29-12-13-34(2)3/h4-7,10-11,18,23H,8-9,12-15H2,1-3H3,(H,30,35)(H,32,33)(H,28,29,31). The molecule has 3 heterocycles. The van der Waals surface area contributed by atoms with E-state index in [1.807, 2.05) is 21.0 Å². The van der Waals surface area contributed by atoms with Crippen molar-refractivity contribution in [3.05, 3.63) is 48.2 Å². The molecule has 1 aliphatic carbocycles. The fourth-order valence-electron chi connectivity index (χ4n) is 3.96. The lowest BCUT2D eigenvalue weighted by atomic mass is 9.91. The molecule has 0 spiro atoms. The van der Waals surface area contributed by atoms with Crippen LogP contribution in [0.2, 0.25) is 0 Å². The van der Waals surface area contributed by atoms with Crippen LogP contribution < -0.4 is 10.6 Å². The van der Waals surface area contributed by atoms with E-state index in [0.717, 1.165) is 19.4 Å². The average molecular weight is 510 g/mol. The van der Waals surface area contributed by atoms with Gasteiger partial charge in [0, 0.05) is 30.9 Å². The lowest BCUT2D eigenvalue weighted by Gasteiger charge is -2.35. The van der Waals surface area contributed by atoms with Gasteiger partial charge in [-0.25, -0.2) is 19.3 Å². The summed E-state index contributed by atoms with van der Waals surface area (Å²) in [6, 6.07) is 8.15. The highest BCUT2D eigenvalue weighted by Gasteiger charge is 2.42. The summed E-state index contributed by atoms with van der Waals surface area (Å²) < 4.78 is 25.6. The SMILES string of the molecule is CN(C)CCNc1nccc(-c2[nH]c(C3OCC(C)(C(=O)NC4CC4)CO3)nc2-c2ccc(F)cc2)n1. The van der Waals surface area contributed by atoms with Crippen LogP contribution in [0.3, 0.4) is 0 Å². The Labute approximate surface area is 215 Å². The highest BCUT2D eigenvalue weighted by Crippen LogP contribution is 2.36. The smallest absolute Gasteiger partial charge is 0.230 e. The Hall–Kier alpha value is -3.41. The molecule has 11 heteroatoms. The van der Waals surface area contributed by atoms with Crippen LogP contribution in [0.1, 0.15) is 31.9 Å². The van der Waals surface area contributed by atoms with Crippen molar-refractivity contribution < 1.29 is 18.7 Å². The minimum Gasteiger partial charge on any atom is -0.353 e. The number of carbonyl (C=O) groups is 1. The molecular weight excluding hydrogens is 477 g/mol. The van der Waals surface area contributed by atoms with Crippen LogP contribution in [0, 0.1) is 11.2 Å². The molecule has 0 unspecified atom stereocenters.